The van der Waals surface area contributed by atoms with E-state index < -0.39 is 5.97 Å². The first kappa shape index (κ1) is 13.5. The molecule has 6 heteroatoms. The van der Waals surface area contributed by atoms with E-state index in [0.29, 0.717) is 23.3 Å². The molecule has 0 radical (unpaired) electrons. The Morgan fingerprint density at radius 3 is 2.75 bits per heavy atom. The fourth-order valence-electron chi connectivity index (χ4n) is 2.94. The topological polar surface area (TPSA) is 62.5 Å². The van der Waals surface area contributed by atoms with Gasteiger partial charge in [-0.1, -0.05) is 11.6 Å². The zero-order valence-electron chi connectivity index (χ0n) is 11.1. The largest absolute Gasteiger partial charge is 0.481 e. The minimum Gasteiger partial charge on any atom is -0.481 e. The number of amides is 1. The normalized spacial score (nSPS) is 22.2. The van der Waals surface area contributed by atoms with Crippen LogP contribution >= 0.6 is 11.6 Å². The number of hydrogen-bond donors (Lipinski definition) is 1. The number of carbonyl (C=O) groups excluding carboxylic acids is 1. The molecule has 108 valence electrons. The number of aliphatic carboxylic acids is 1. The molecule has 2 heterocycles. The van der Waals surface area contributed by atoms with E-state index in [9.17, 15) is 9.59 Å². The van der Waals surface area contributed by atoms with Crippen molar-refractivity contribution in [1.29, 1.82) is 0 Å². The molecule has 1 aromatic heterocycles. The summed E-state index contributed by atoms with van der Waals surface area (Å²) >= 11 is 6.02. The van der Waals surface area contributed by atoms with Crippen LogP contribution in [0.25, 0.3) is 0 Å². The number of carbonyl (C=O) groups is 2. The summed E-state index contributed by atoms with van der Waals surface area (Å²) in [7, 11) is 0. The minimum atomic E-state index is -0.856. The van der Waals surface area contributed by atoms with Crippen molar-refractivity contribution in [2.24, 2.45) is 0 Å². The first-order valence-corrected chi connectivity index (χ1v) is 7.34. The van der Waals surface area contributed by atoms with Gasteiger partial charge in [0.25, 0.3) is 5.91 Å². The Labute approximate surface area is 122 Å². The van der Waals surface area contributed by atoms with E-state index >= 15 is 0 Å². The van der Waals surface area contributed by atoms with Crippen molar-refractivity contribution in [3.8, 4) is 0 Å². The Kier molecular flexibility index (Phi) is 3.46. The zero-order valence-corrected chi connectivity index (χ0v) is 11.8. The fraction of sp³-hybridized carbons (Fsp3) is 0.571. The van der Waals surface area contributed by atoms with Crippen LogP contribution in [0.5, 0.6) is 0 Å². The lowest BCUT2D eigenvalue weighted by atomic mass is 10.1. The maximum Gasteiger partial charge on any atom is 0.305 e. The molecule has 1 aliphatic heterocycles. The van der Waals surface area contributed by atoms with Gasteiger partial charge in [-0.2, -0.15) is 0 Å². The number of likely N-dealkylation sites (tertiary alicyclic amines) is 1. The SMILES string of the molecule is O=C(O)CC1CCCN1C(=O)c1cc(Cl)cn1C1CC1. The highest BCUT2D eigenvalue weighted by Crippen LogP contribution is 2.38. The van der Waals surface area contributed by atoms with Crippen molar-refractivity contribution in [3.63, 3.8) is 0 Å². The van der Waals surface area contributed by atoms with Gasteiger partial charge in [0.1, 0.15) is 5.69 Å². The Bertz CT molecular complexity index is 551. The summed E-state index contributed by atoms with van der Waals surface area (Å²) in [5.74, 6) is -0.946. The number of carboxylic acids is 1. The Morgan fingerprint density at radius 2 is 2.10 bits per heavy atom. The maximum absolute atomic E-state index is 12.7. The number of rotatable bonds is 4. The van der Waals surface area contributed by atoms with Crippen LogP contribution in [0.3, 0.4) is 0 Å². The van der Waals surface area contributed by atoms with E-state index in [1.807, 2.05) is 4.57 Å². The van der Waals surface area contributed by atoms with E-state index in [-0.39, 0.29) is 18.4 Å². The second kappa shape index (κ2) is 5.13. The van der Waals surface area contributed by atoms with Crippen LogP contribution in [0, 0.1) is 0 Å². The van der Waals surface area contributed by atoms with Crippen LogP contribution in [-0.4, -0.2) is 39.0 Å². The third-order valence-corrected chi connectivity index (χ3v) is 4.23. The molecule has 1 aromatic rings. The van der Waals surface area contributed by atoms with Gasteiger partial charge in [-0.3, -0.25) is 9.59 Å². The highest BCUT2D eigenvalue weighted by molar-refractivity contribution is 6.31. The molecular weight excluding hydrogens is 280 g/mol. The van der Waals surface area contributed by atoms with Gasteiger partial charge in [-0.25, -0.2) is 0 Å². The Morgan fingerprint density at radius 1 is 1.35 bits per heavy atom. The molecule has 1 amide bonds. The third kappa shape index (κ3) is 2.54. The lowest BCUT2D eigenvalue weighted by Gasteiger charge is -2.24. The average Bonchev–Trinajstić information content (AvgIpc) is 3.01. The van der Waals surface area contributed by atoms with Gasteiger partial charge in [0.05, 0.1) is 11.4 Å². The summed E-state index contributed by atoms with van der Waals surface area (Å²) in [5, 5.41) is 9.50. The molecule has 2 aliphatic rings. The van der Waals surface area contributed by atoms with E-state index in [1.165, 1.54) is 0 Å². The first-order chi connectivity index (χ1) is 9.56. The van der Waals surface area contributed by atoms with Crippen LogP contribution in [-0.2, 0) is 4.79 Å². The predicted molar refractivity (Wildman–Crippen MR) is 74.0 cm³/mol. The standard InChI is InChI=1S/C14H17ClN2O3/c15-9-6-12(17(8-9)10-3-4-10)14(20)16-5-1-2-11(16)7-13(18)19/h6,8,10-11H,1-5,7H2,(H,18,19). The molecule has 0 spiro atoms. The molecule has 1 saturated heterocycles. The van der Waals surface area contributed by atoms with Crippen LogP contribution in [0.1, 0.15) is 48.6 Å². The Balaban J connectivity index is 1.82. The molecule has 1 unspecified atom stereocenters. The fourth-order valence-corrected chi connectivity index (χ4v) is 3.14. The van der Waals surface area contributed by atoms with E-state index in [4.69, 9.17) is 16.7 Å². The highest BCUT2D eigenvalue weighted by Gasteiger charge is 2.34. The van der Waals surface area contributed by atoms with Crippen molar-refractivity contribution in [3.05, 3.63) is 23.0 Å². The summed E-state index contributed by atoms with van der Waals surface area (Å²) in [5.41, 5.74) is 0.592. The van der Waals surface area contributed by atoms with Crippen LogP contribution < -0.4 is 0 Å². The van der Waals surface area contributed by atoms with Crippen LogP contribution in [0.15, 0.2) is 12.3 Å². The molecule has 2 fully saturated rings. The van der Waals surface area contributed by atoms with Gasteiger partial charge in [0.2, 0.25) is 0 Å². The summed E-state index contributed by atoms with van der Waals surface area (Å²) < 4.78 is 1.95. The lowest BCUT2D eigenvalue weighted by molar-refractivity contribution is -0.137. The number of aromatic nitrogens is 1. The minimum absolute atomic E-state index is 0.0175. The number of carboxylic acid groups (broad SMARTS) is 1. The van der Waals surface area contributed by atoms with Crippen LogP contribution in [0.4, 0.5) is 0 Å². The number of hydrogen-bond acceptors (Lipinski definition) is 2. The summed E-state index contributed by atoms with van der Waals surface area (Å²) in [6, 6.07) is 1.88. The maximum atomic E-state index is 12.7. The van der Waals surface area contributed by atoms with Crippen molar-refractivity contribution < 1.29 is 14.7 Å². The number of nitrogens with zero attached hydrogens (tertiary/aromatic N) is 2. The molecule has 5 nitrogen and oxygen atoms in total. The summed E-state index contributed by atoms with van der Waals surface area (Å²) in [4.78, 5) is 25.2. The zero-order chi connectivity index (χ0) is 14.3. The van der Waals surface area contributed by atoms with Crippen LogP contribution in [0.2, 0.25) is 5.02 Å². The molecule has 1 atom stereocenters. The van der Waals surface area contributed by atoms with Gasteiger partial charge < -0.3 is 14.6 Å². The molecule has 20 heavy (non-hydrogen) atoms. The Hall–Kier alpha value is -1.49. The van der Waals surface area contributed by atoms with Gasteiger partial charge >= 0.3 is 5.97 Å². The van der Waals surface area contributed by atoms with E-state index in [0.717, 1.165) is 25.7 Å². The second-order valence-electron chi connectivity index (χ2n) is 5.57. The molecule has 1 saturated carbocycles. The first-order valence-electron chi connectivity index (χ1n) is 6.96. The van der Waals surface area contributed by atoms with E-state index in [2.05, 4.69) is 0 Å². The molecule has 1 N–H and O–H groups in total. The van der Waals surface area contributed by atoms with Gasteiger partial charge in [0, 0.05) is 24.8 Å². The number of halogens is 1. The van der Waals surface area contributed by atoms with Crippen molar-refractivity contribution in [2.45, 2.75) is 44.2 Å². The van der Waals surface area contributed by atoms with E-state index in [1.54, 1.807) is 17.2 Å². The monoisotopic (exact) mass is 296 g/mol. The van der Waals surface area contributed by atoms with Crippen molar-refractivity contribution in [1.82, 2.24) is 9.47 Å². The van der Waals surface area contributed by atoms with Gasteiger partial charge in [0.15, 0.2) is 0 Å². The highest BCUT2D eigenvalue weighted by atomic mass is 35.5. The summed E-state index contributed by atoms with van der Waals surface area (Å²) in [6.45, 7) is 0.629. The quantitative estimate of drug-likeness (QED) is 0.929. The van der Waals surface area contributed by atoms with Gasteiger partial charge in [-0.05, 0) is 31.7 Å². The molecule has 0 aromatic carbocycles. The summed E-state index contributed by atoms with van der Waals surface area (Å²) in [6.07, 6.45) is 5.59. The third-order valence-electron chi connectivity index (χ3n) is 4.02. The molecule has 0 bridgehead atoms. The average molecular weight is 297 g/mol. The van der Waals surface area contributed by atoms with Crippen molar-refractivity contribution in [2.75, 3.05) is 6.54 Å². The predicted octanol–water partition coefficient (Wildman–Crippen LogP) is 2.56. The smallest absolute Gasteiger partial charge is 0.305 e. The van der Waals surface area contributed by atoms with Gasteiger partial charge in [-0.15, -0.1) is 0 Å². The second-order valence-corrected chi connectivity index (χ2v) is 6.01. The molecule has 3 rings (SSSR count). The van der Waals surface area contributed by atoms with Crippen molar-refractivity contribution >= 4 is 23.5 Å². The molecule has 1 aliphatic carbocycles. The lowest BCUT2D eigenvalue weighted by Crippen LogP contribution is -2.37. The molecular formula is C14H17ClN2O3.